The predicted octanol–water partition coefficient (Wildman–Crippen LogP) is 2.11. The number of pyridine rings is 1. The van der Waals surface area contributed by atoms with Crippen LogP contribution < -0.4 is 14.7 Å². The van der Waals surface area contributed by atoms with Crippen molar-refractivity contribution in [2.75, 3.05) is 67.2 Å². The standard InChI is InChI=1S/C18H23BrN6O/c1-14-10-15(19)12-20-18(14)25-4-2-23(3-5-25)16-11-17(22-13-21-16)24-6-8-26-9-7-24/h10-13H,2-9H2,1H3. The Hall–Kier alpha value is -1.93. The minimum atomic E-state index is 0.761. The minimum absolute atomic E-state index is 0.761. The highest BCUT2D eigenvalue weighted by atomic mass is 79.9. The van der Waals surface area contributed by atoms with Crippen LogP contribution in [0.5, 0.6) is 0 Å². The Balaban J connectivity index is 1.43. The lowest BCUT2D eigenvalue weighted by Crippen LogP contribution is -2.47. The van der Waals surface area contributed by atoms with Crippen LogP contribution in [-0.2, 0) is 4.74 Å². The zero-order chi connectivity index (χ0) is 17.9. The molecule has 0 aromatic carbocycles. The summed E-state index contributed by atoms with van der Waals surface area (Å²) in [5, 5.41) is 0. The maximum absolute atomic E-state index is 5.43. The summed E-state index contributed by atoms with van der Waals surface area (Å²) in [5.74, 6) is 3.07. The molecule has 2 aromatic heterocycles. The molecule has 8 heteroatoms. The molecule has 0 atom stereocenters. The van der Waals surface area contributed by atoms with Crippen LogP contribution in [0, 0.1) is 6.92 Å². The van der Waals surface area contributed by atoms with Gasteiger partial charge in [-0.3, -0.25) is 0 Å². The summed E-state index contributed by atoms with van der Waals surface area (Å²) < 4.78 is 6.45. The van der Waals surface area contributed by atoms with E-state index in [-0.39, 0.29) is 0 Å². The van der Waals surface area contributed by atoms with E-state index in [0.29, 0.717) is 0 Å². The first kappa shape index (κ1) is 17.5. The highest BCUT2D eigenvalue weighted by Gasteiger charge is 2.21. The smallest absolute Gasteiger partial charge is 0.134 e. The Morgan fingerprint density at radius 2 is 1.46 bits per heavy atom. The normalized spacial score (nSPS) is 18.3. The molecule has 4 rings (SSSR count). The molecule has 138 valence electrons. The Kier molecular flexibility index (Phi) is 5.21. The highest BCUT2D eigenvalue weighted by Crippen LogP contribution is 2.24. The van der Waals surface area contributed by atoms with Gasteiger partial charge >= 0.3 is 0 Å². The van der Waals surface area contributed by atoms with E-state index in [1.54, 1.807) is 6.33 Å². The number of nitrogens with zero attached hydrogens (tertiary/aromatic N) is 6. The number of halogens is 1. The molecule has 2 aliphatic heterocycles. The van der Waals surface area contributed by atoms with E-state index in [9.17, 15) is 0 Å². The monoisotopic (exact) mass is 418 g/mol. The highest BCUT2D eigenvalue weighted by molar-refractivity contribution is 9.10. The molecule has 2 aromatic rings. The number of anilines is 3. The van der Waals surface area contributed by atoms with Crippen molar-refractivity contribution >= 4 is 33.4 Å². The SMILES string of the molecule is Cc1cc(Br)cnc1N1CCN(c2cc(N3CCOCC3)ncn2)CC1. The Morgan fingerprint density at radius 1 is 0.846 bits per heavy atom. The van der Waals surface area contributed by atoms with E-state index in [0.717, 1.165) is 74.4 Å². The number of aryl methyl sites for hydroxylation is 1. The van der Waals surface area contributed by atoms with Crippen LogP contribution in [0.25, 0.3) is 0 Å². The van der Waals surface area contributed by atoms with Crippen molar-refractivity contribution in [1.82, 2.24) is 15.0 Å². The molecule has 0 radical (unpaired) electrons. The second-order valence-corrected chi connectivity index (χ2v) is 7.52. The molecule has 0 saturated carbocycles. The second-order valence-electron chi connectivity index (χ2n) is 6.60. The van der Waals surface area contributed by atoms with E-state index in [4.69, 9.17) is 4.74 Å². The maximum Gasteiger partial charge on any atom is 0.134 e. The van der Waals surface area contributed by atoms with Crippen LogP contribution in [0.15, 0.2) is 29.1 Å². The molecule has 0 bridgehead atoms. The molecular weight excluding hydrogens is 396 g/mol. The average molecular weight is 419 g/mol. The summed E-state index contributed by atoms with van der Waals surface area (Å²) in [6.45, 7) is 9.14. The third kappa shape index (κ3) is 3.76. The number of morpholine rings is 1. The van der Waals surface area contributed by atoms with E-state index in [1.807, 2.05) is 6.20 Å². The Bertz CT molecular complexity index is 759. The maximum atomic E-state index is 5.43. The van der Waals surface area contributed by atoms with Crippen molar-refractivity contribution in [2.24, 2.45) is 0 Å². The quantitative estimate of drug-likeness (QED) is 0.756. The molecule has 0 unspecified atom stereocenters. The van der Waals surface area contributed by atoms with Gasteiger partial charge in [0.25, 0.3) is 0 Å². The molecule has 7 nitrogen and oxygen atoms in total. The van der Waals surface area contributed by atoms with Crippen molar-refractivity contribution in [3.8, 4) is 0 Å². The van der Waals surface area contributed by atoms with E-state index < -0.39 is 0 Å². The zero-order valence-electron chi connectivity index (χ0n) is 14.9. The number of ether oxygens (including phenoxy) is 1. The summed E-state index contributed by atoms with van der Waals surface area (Å²) in [5.41, 5.74) is 1.20. The number of hydrogen-bond donors (Lipinski definition) is 0. The van der Waals surface area contributed by atoms with Crippen molar-refractivity contribution in [3.63, 3.8) is 0 Å². The summed E-state index contributed by atoms with van der Waals surface area (Å²) in [4.78, 5) is 20.5. The van der Waals surface area contributed by atoms with Gasteiger partial charge in [0.05, 0.1) is 13.2 Å². The number of piperazine rings is 1. The van der Waals surface area contributed by atoms with Gasteiger partial charge in [0.15, 0.2) is 0 Å². The van der Waals surface area contributed by atoms with Gasteiger partial charge in [0.2, 0.25) is 0 Å². The lowest BCUT2D eigenvalue weighted by atomic mass is 10.2. The van der Waals surface area contributed by atoms with Crippen LogP contribution >= 0.6 is 15.9 Å². The Labute approximate surface area is 162 Å². The fraction of sp³-hybridized carbons (Fsp3) is 0.500. The van der Waals surface area contributed by atoms with Gasteiger partial charge in [-0.15, -0.1) is 0 Å². The molecule has 0 spiro atoms. The fourth-order valence-electron chi connectivity index (χ4n) is 3.49. The summed E-state index contributed by atoms with van der Waals surface area (Å²) >= 11 is 3.48. The molecular formula is C18H23BrN6O. The van der Waals surface area contributed by atoms with Gasteiger partial charge in [0.1, 0.15) is 23.8 Å². The molecule has 2 fully saturated rings. The fourth-order valence-corrected chi connectivity index (χ4v) is 3.93. The van der Waals surface area contributed by atoms with Crippen molar-refractivity contribution < 1.29 is 4.74 Å². The van der Waals surface area contributed by atoms with Crippen LogP contribution in [0.3, 0.4) is 0 Å². The van der Waals surface area contributed by atoms with Gasteiger partial charge in [0, 0.05) is 56.0 Å². The summed E-state index contributed by atoms with van der Waals surface area (Å²) in [6.07, 6.45) is 3.54. The van der Waals surface area contributed by atoms with Crippen LogP contribution in [0.4, 0.5) is 17.5 Å². The van der Waals surface area contributed by atoms with Gasteiger partial charge in [-0.05, 0) is 34.5 Å². The minimum Gasteiger partial charge on any atom is -0.378 e. The first-order chi connectivity index (χ1) is 12.7. The van der Waals surface area contributed by atoms with E-state index in [2.05, 4.69) is 64.6 Å². The molecule has 0 amide bonds. The van der Waals surface area contributed by atoms with Gasteiger partial charge in [-0.2, -0.15) is 0 Å². The van der Waals surface area contributed by atoms with Crippen LogP contribution in [-0.4, -0.2) is 67.4 Å². The van der Waals surface area contributed by atoms with Crippen LogP contribution in [0.2, 0.25) is 0 Å². The Morgan fingerprint density at radius 3 is 2.12 bits per heavy atom. The largest absolute Gasteiger partial charge is 0.378 e. The second kappa shape index (κ2) is 7.75. The predicted molar refractivity (Wildman–Crippen MR) is 106 cm³/mol. The molecule has 2 saturated heterocycles. The van der Waals surface area contributed by atoms with Crippen molar-refractivity contribution in [3.05, 3.63) is 34.7 Å². The molecule has 2 aliphatic rings. The first-order valence-corrected chi connectivity index (χ1v) is 9.77. The number of aromatic nitrogens is 3. The third-order valence-electron chi connectivity index (χ3n) is 4.89. The molecule has 4 heterocycles. The van der Waals surface area contributed by atoms with Gasteiger partial charge in [-0.25, -0.2) is 15.0 Å². The molecule has 0 N–H and O–H groups in total. The topological polar surface area (TPSA) is 57.6 Å². The number of hydrogen-bond acceptors (Lipinski definition) is 7. The summed E-state index contributed by atoms with van der Waals surface area (Å²) in [6, 6.07) is 4.22. The average Bonchev–Trinajstić information content (AvgIpc) is 2.69. The van der Waals surface area contributed by atoms with Gasteiger partial charge < -0.3 is 19.4 Å². The molecule has 26 heavy (non-hydrogen) atoms. The molecule has 0 aliphatic carbocycles. The summed E-state index contributed by atoms with van der Waals surface area (Å²) in [7, 11) is 0. The lowest BCUT2D eigenvalue weighted by molar-refractivity contribution is 0.122. The van der Waals surface area contributed by atoms with Gasteiger partial charge in [-0.1, -0.05) is 0 Å². The third-order valence-corrected chi connectivity index (χ3v) is 5.33. The van der Waals surface area contributed by atoms with E-state index in [1.165, 1.54) is 5.56 Å². The number of rotatable bonds is 3. The van der Waals surface area contributed by atoms with E-state index >= 15 is 0 Å². The lowest BCUT2D eigenvalue weighted by Gasteiger charge is -2.37. The first-order valence-electron chi connectivity index (χ1n) is 8.97. The van der Waals surface area contributed by atoms with Crippen LogP contribution in [0.1, 0.15) is 5.56 Å². The van der Waals surface area contributed by atoms with Crippen molar-refractivity contribution in [1.29, 1.82) is 0 Å². The van der Waals surface area contributed by atoms with Crippen molar-refractivity contribution in [2.45, 2.75) is 6.92 Å². The zero-order valence-corrected chi connectivity index (χ0v) is 16.5.